The second-order valence-corrected chi connectivity index (χ2v) is 7.87. The number of hydrogen-bond acceptors (Lipinski definition) is 5. The van der Waals surface area contributed by atoms with Crippen molar-refractivity contribution in [2.45, 2.75) is 38.6 Å². The van der Waals surface area contributed by atoms with Crippen molar-refractivity contribution in [3.05, 3.63) is 71.2 Å². The Bertz CT molecular complexity index is 976. The number of hydrogen-bond donors (Lipinski definition) is 2. The fraction of sp³-hybridized carbons (Fsp3) is 0.273. The molecule has 1 heterocycles. The van der Waals surface area contributed by atoms with Crippen molar-refractivity contribution >= 4 is 28.1 Å². The molecular weight excluding hydrogens is 427 g/mol. The molecule has 31 heavy (non-hydrogen) atoms. The number of aromatic nitrogens is 1. The average Bonchev–Trinajstić information content (AvgIpc) is 3.14. The lowest BCUT2D eigenvalue weighted by atomic mass is 10.1. The van der Waals surface area contributed by atoms with E-state index in [4.69, 9.17) is 0 Å². The van der Waals surface area contributed by atoms with E-state index in [1.165, 1.54) is 41.2 Å². The van der Waals surface area contributed by atoms with Crippen LogP contribution >= 0.6 is 11.3 Å². The standard InChI is InChI=1S/C22H22F3N3O2S/c1-15(7-8-16-5-3-2-4-6-16)26-20(29)13-18-14-31-21(28-18)27-17-9-11-19(12-10-17)30-22(23,24)25/h2-6,9-12,14-15H,7-8,13H2,1H3,(H,26,29)(H,27,28). The number of amides is 1. The van der Waals surface area contributed by atoms with Gasteiger partial charge in [0.15, 0.2) is 5.13 Å². The highest BCUT2D eigenvalue weighted by Gasteiger charge is 2.30. The lowest BCUT2D eigenvalue weighted by Crippen LogP contribution is -2.34. The molecule has 0 aliphatic carbocycles. The zero-order valence-electron chi connectivity index (χ0n) is 16.8. The van der Waals surface area contributed by atoms with Gasteiger partial charge in [0, 0.05) is 17.1 Å². The highest BCUT2D eigenvalue weighted by atomic mass is 32.1. The Labute approximate surface area is 182 Å². The minimum atomic E-state index is -4.72. The number of nitrogens with one attached hydrogen (secondary N) is 2. The van der Waals surface area contributed by atoms with Crippen LogP contribution in [0.1, 0.15) is 24.6 Å². The van der Waals surface area contributed by atoms with Crippen molar-refractivity contribution in [2.24, 2.45) is 0 Å². The molecule has 1 atom stereocenters. The van der Waals surface area contributed by atoms with Crippen molar-refractivity contribution < 1.29 is 22.7 Å². The van der Waals surface area contributed by atoms with Gasteiger partial charge < -0.3 is 15.4 Å². The summed E-state index contributed by atoms with van der Waals surface area (Å²) in [5.74, 6) is -0.401. The number of benzene rings is 2. The smallest absolute Gasteiger partial charge is 0.406 e. The first-order valence-electron chi connectivity index (χ1n) is 9.67. The highest BCUT2D eigenvalue weighted by molar-refractivity contribution is 7.13. The quantitative estimate of drug-likeness (QED) is 0.455. The number of rotatable bonds is 9. The number of nitrogens with zero attached hydrogens (tertiary/aromatic N) is 1. The molecule has 2 aromatic carbocycles. The molecule has 1 amide bonds. The van der Waals surface area contributed by atoms with Crippen molar-refractivity contribution in [1.29, 1.82) is 0 Å². The molecule has 3 aromatic rings. The van der Waals surface area contributed by atoms with Crippen molar-refractivity contribution in [3.8, 4) is 5.75 Å². The van der Waals surface area contributed by atoms with Crippen molar-refractivity contribution in [2.75, 3.05) is 5.32 Å². The van der Waals surface area contributed by atoms with E-state index in [0.29, 0.717) is 16.5 Å². The molecule has 3 rings (SSSR count). The van der Waals surface area contributed by atoms with E-state index in [1.54, 1.807) is 5.38 Å². The van der Waals surface area contributed by atoms with Crippen LogP contribution in [0.5, 0.6) is 5.75 Å². The van der Waals surface area contributed by atoms with E-state index < -0.39 is 6.36 Å². The number of anilines is 2. The van der Waals surface area contributed by atoms with Crippen LogP contribution in [0.4, 0.5) is 24.0 Å². The Balaban J connectivity index is 1.45. The molecule has 0 radical (unpaired) electrons. The summed E-state index contributed by atoms with van der Waals surface area (Å²) in [6.07, 6.45) is -2.83. The summed E-state index contributed by atoms with van der Waals surface area (Å²) < 4.78 is 40.5. The summed E-state index contributed by atoms with van der Waals surface area (Å²) in [7, 11) is 0. The Morgan fingerprint density at radius 2 is 1.84 bits per heavy atom. The molecule has 0 bridgehead atoms. The fourth-order valence-electron chi connectivity index (χ4n) is 2.90. The van der Waals surface area contributed by atoms with Crippen LogP contribution in [0.25, 0.3) is 0 Å². The summed E-state index contributed by atoms with van der Waals surface area (Å²) in [5, 5.41) is 8.31. The van der Waals surface area contributed by atoms with Crippen LogP contribution in [0.15, 0.2) is 60.0 Å². The van der Waals surface area contributed by atoms with Crippen LogP contribution < -0.4 is 15.4 Å². The minimum Gasteiger partial charge on any atom is -0.406 e. The van der Waals surface area contributed by atoms with Gasteiger partial charge in [-0.05, 0) is 49.6 Å². The molecule has 0 aliphatic heterocycles. The number of halogens is 3. The number of alkyl halides is 3. The molecule has 0 saturated heterocycles. The number of carbonyl (C=O) groups excluding carboxylic acids is 1. The van der Waals surface area contributed by atoms with Gasteiger partial charge in [-0.2, -0.15) is 0 Å². The second kappa shape index (κ2) is 10.3. The fourth-order valence-corrected chi connectivity index (χ4v) is 3.63. The van der Waals surface area contributed by atoms with Gasteiger partial charge in [-0.25, -0.2) is 4.98 Å². The first kappa shape index (κ1) is 22.6. The number of aryl methyl sites for hydroxylation is 1. The Hall–Kier alpha value is -3.07. The van der Waals surface area contributed by atoms with Gasteiger partial charge in [0.05, 0.1) is 12.1 Å². The van der Waals surface area contributed by atoms with Crippen molar-refractivity contribution in [3.63, 3.8) is 0 Å². The van der Waals surface area contributed by atoms with E-state index in [1.807, 2.05) is 25.1 Å². The van der Waals surface area contributed by atoms with Crippen molar-refractivity contribution in [1.82, 2.24) is 10.3 Å². The normalized spacial score (nSPS) is 12.3. The molecule has 1 unspecified atom stereocenters. The van der Waals surface area contributed by atoms with E-state index in [2.05, 4.69) is 32.5 Å². The Morgan fingerprint density at radius 3 is 2.52 bits per heavy atom. The van der Waals surface area contributed by atoms with E-state index in [9.17, 15) is 18.0 Å². The third-order valence-electron chi connectivity index (χ3n) is 4.35. The lowest BCUT2D eigenvalue weighted by molar-refractivity contribution is -0.274. The topological polar surface area (TPSA) is 63.2 Å². The second-order valence-electron chi connectivity index (χ2n) is 7.01. The first-order valence-corrected chi connectivity index (χ1v) is 10.6. The largest absolute Gasteiger partial charge is 0.573 e. The summed E-state index contributed by atoms with van der Waals surface area (Å²) in [6.45, 7) is 1.97. The summed E-state index contributed by atoms with van der Waals surface area (Å²) >= 11 is 1.31. The van der Waals surface area contributed by atoms with Gasteiger partial charge in [-0.3, -0.25) is 4.79 Å². The predicted octanol–water partition coefficient (Wildman–Crippen LogP) is 5.47. The third kappa shape index (κ3) is 7.93. The Morgan fingerprint density at radius 1 is 1.13 bits per heavy atom. The summed E-state index contributed by atoms with van der Waals surface area (Å²) in [4.78, 5) is 16.6. The predicted molar refractivity (Wildman–Crippen MR) is 115 cm³/mol. The van der Waals surface area contributed by atoms with Crippen LogP contribution in [-0.2, 0) is 17.6 Å². The molecule has 0 fully saturated rings. The SMILES string of the molecule is CC(CCc1ccccc1)NC(=O)Cc1csc(Nc2ccc(OC(F)(F)F)cc2)n1. The van der Waals surface area contributed by atoms with Crippen LogP contribution in [0.2, 0.25) is 0 Å². The van der Waals surface area contributed by atoms with Gasteiger partial charge in [-0.1, -0.05) is 30.3 Å². The van der Waals surface area contributed by atoms with Gasteiger partial charge >= 0.3 is 6.36 Å². The third-order valence-corrected chi connectivity index (χ3v) is 5.16. The molecule has 1 aromatic heterocycles. The van der Waals surface area contributed by atoms with Gasteiger partial charge in [0.1, 0.15) is 5.75 Å². The maximum atomic E-state index is 12.3. The molecule has 2 N–H and O–H groups in total. The summed E-state index contributed by atoms with van der Waals surface area (Å²) in [5.41, 5.74) is 2.42. The molecule has 5 nitrogen and oxygen atoms in total. The van der Waals surface area contributed by atoms with E-state index in [0.717, 1.165) is 12.8 Å². The van der Waals surface area contributed by atoms with Gasteiger partial charge in [-0.15, -0.1) is 24.5 Å². The monoisotopic (exact) mass is 449 g/mol. The molecule has 164 valence electrons. The number of thiazole rings is 1. The maximum Gasteiger partial charge on any atom is 0.573 e. The Kier molecular flexibility index (Phi) is 7.51. The van der Waals surface area contributed by atoms with E-state index in [-0.39, 0.29) is 24.1 Å². The maximum absolute atomic E-state index is 12.3. The minimum absolute atomic E-state index is 0.0429. The first-order chi connectivity index (χ1) is 14.8. The zero-order valence-corrected chi connectivity index (χ0v) is 17.6. The number of ether oxygens (including phenoxy) is 1. The molecule has 9 heteroatoms. The molecule has 0 saturated carbocycles. The van der Waals surface area contributed by atoms with Crippen LogP contribution in [0.3, 0.4) is 0 Å². The molecular formula is C22H22F3N3O2S. The lowest BCUT2D eigenvalue weighted by Gasteiger charge is -2.13. The average molecular weight is 449 g/mol. The van der Waals surface area contributed by atoms with Crippen LogP contribution in [-0.4, -0.2) is 23.3 Å². The van der Waals surface area contributed by atoms with Gasteiger partial charge in [0.2, 0.25) is 5.91 Å². The number of carbonyl (C=O) groups is 1. The molecule has 0 aliphatic rings. The van der Waals surface area contributed by atoms with E-state index >= 15 is 0 Å². The zero-order chi connectivity index (χ0) is 22.3. The highest BCUT2D eigenvalue weighted by Crippen LogP contribution is 2.26. The summed E-state index contributed by atoms with van der Waals surface area (Å²) in [6, 6.07) is 15.5. The molecule has 0 spiro atoms. The van der Waals surface area contributed by atoms with Crippen LogP contribution in [0, 0.1) is 0 Å². The van der Waals surface area contributed by atoms with Gasteiger partial charge in [0.25, 0.3) is 0 Å².